The van der Waals surface area contributed by atoms with Gasteiger partial charge in [-0.05, 0) is 36.8 Å². The van der Waals surface area contributed by atoms with Crippen molar-refractivity contribution >= 4 is 17.2 Å². The molecule has 0 fully saturated rings. The summed E-state index contributed by atoms with van der Waals surface area (Å²) in [5, 5.41) is 15.7. The Morgan fingerprint density at radius 2 is 2.03 bits per heavy atom. The molecule has 152 valence electrons. The number of hydrogen-bond donors (Lipinski definition) is 2. The Labute approximate surface area is 170 Å². The van der Waals surface area contributed by atoms with Gasteiger partial charge in [-0.1, -0.05) is 18.2 Å². The summed E-state index contributed by atoms with van der Waals surface area (Å²) in [4.78, 5) is 16.3. The van der Waals surface area contributed by atoms with Crippen LogP contribution in [0.2, 0.25) is 0 Å². The smallest absolute Gasteiger partial charge is 0.276 e. The standard InChI is InChI=1S/C20H18FN7O2/c1-11-16(14-7-4-8-15(17(22)29)28(14)27-11)18-24-19(20(30-2)26-25-18)23-10-12-5-3-6-13(21)9-12/h3-9H,10H2,1-2H3,(H2,22,29)(H,23,24,25). The van der Waals surface area contributed by atoms with Crippen LogP contribution in [0.3, 0.4) is 0 Å². The maximum absolute atomic E-state index is 13.4. The Hall–Kier alpha value is -4.08. The maximum atomic E-state index is 13.4. The van der Waals surface area contributed by atoms with E-state index >= 15 is 0 Å². The monoisotopic (exact) mass is 407 g/mol. The summed E-state index contributed by atoms with van der Waals surface area (Å²) in [6.45, 7) is 2.09. The number of nitrogens with one attached hydrogen (secondary N) is 1. The quantitative estimate of drug-likeness (QED) is 0.503. The van der Waals surface area contributed by atoms with E-state index in [1.165, 1.54) is 23.8 Å². The number of amides is 1. The summed E-state index contributed by atoms with van der Waals surface area (Å²) in [7, 11) is 1.46. The molecular weight excluding hydrogens is 389 g/mol. The second kappa shape index (κ2) is 7.74. The molecule has 0 bridgehead atoms. The molecule has 3 heterocycles. The van der Waals surface area contributed by atoms with Crippen molar-refractivity contribution in [2.45, 2.75) is 13.5 Å². The highest BCUT2D eigenvalue weighted by Gasteiger charge is 2.20. The minimum absolute atomic E-state index is 0.196. The van der Waals surface area contributed by atoms with E-state index in [-0.39, 0.29) is 17.4 Å². The molecule has 1 aromatic carbocycles. The van der Waals surface area contributed by atoms with Gasteiger partial charge in [-0.15, -0.1) is 10.2 Å². The summed E-state index contributed by atoms with van der Waals surface area (Å²) in [5.74, 6) is -0.0822. The lowest BCUT2D eigenvalue weighted by atomic mass is 10.2. The van der Waals surface area contributed by atoms with Crippen LogP contribution < -0.4 is 15.8 Å². The van der Waals surface area contributed by atoms with E-state index in [0.29, 0.717) is 35.0 Å². The van der Waals surface area contributed by atoms with Crippen LogP contribution in [0.1, 0.15) is 21.7 Å². The molecule has 30 heavy (non-hydrogen) atoms. The van der Waals surface area contributed by atoms with Crippen LogP contribution in [0.4, 0.5) is 10.2 Å². The van der Waals surface area contributed by atoms with Gasteiger partial charge in [0.2, 0.25) is 0 Å². The zero-order valence-electron chi connectivity index (χ0n) is 16.3. The minimum Gasteiger partial charge on any atom is -0.477 e. The van der Waals surface area contributed by atoms with Gasteiger partial charge in [0, 0.05) is 6.54 Å². The fraction of sp³-hybridized carbons (Fsp3) is 0.150. The second-order valence-corrected chi connectivity index (χ2v) is 6.51. The lowest BCUT2D eigenvalue weighted by Gasteiger charge is -2.10. The van der Waals surface area contributed by atoms with Crippen LogP contribution in [-0.4, -0.2) is 37.8 Å². The van der Waals surface area contributed by atoms with Gasteiger partial charge in [0.1, 0.15) is 11.5 Å². The predicted molar refractivity (Wildman–Crippen MR) is 108 cm³/mol. The van der Waals surface area contributed by atoms with E-state index in [0.717, 1.165) is 5.56 Å². The maximum Gasteiger partial charge on any atom is 0.276 e. The van der Waals surface area contributed by atoms with Gasteiger partial charge in [-0.25, -0.2) is 13.9 Å². The first-order chi connectivity index (χ1) is 14.5. The van der Waals surface area contributed by atoms with Crippen LogP contribution in [0, 0.1) is 12.7 Å². The predicted octanol–water partition coefficient (Wildman–Crippen LogP) is 2.35. The van der Waals surface area contributed by atoms with E-state index in [9.17, 15) is 9.18 Å². The second-order valence-electron chi connectivity index (χ2n) is 6.51. The molecule has 0 spiro atoms. The number of methoxy groups -OCH3 is 1. The third kappa shape index (κ3) is 3.50. The SMILES string of the molecule is COc1nnc(-c2c(C)nn3c(C(N)=O)cccc23)nc1NCc1cccc(F)c1. The van der Waals surface area contributed by atoms with Gasteiger partial charge >= 0.3 is 0 Å². The molecule has 4 rings (SSSR count). The van der Waals surface area contributed by atoms with Gasteiger partial charge in [0.15, 0.2) is 11.6 Å². The van der Waals surface area contributed by atoms with Gasteiger partial charge in [0.05, 0.1) is 23.9 Å². The largest absolute Gasteiger partial charge is 0.477 e. The number of fused-ring (bicyclic) bond motifs is 1. The van der Waals surface area contributed by atoms with Crippen LogP contribution in [0.5, 0.6) is 5.88 Å². The molecule has 0 unspecified atom stereocenters. The number of hydrogen-bond acceptors (Lipinski definition) is 7. The number of halogens is 1. The molecule has 0 aliphatic rings. The number of ether oxygens (including phenoxy) is 1. The number of rotatable bonds is 6. The van der Waals surface area contributed by atoms with Crippen LogP contribution in [-0.2, 0) is 6.54 Å². The van der Waals surface area contributed by atoms with Gasteiger partial charge in [0.25, 0.3) is 11.8 Å². The number of primary amides is 1. The number of aryl methyl sites for hydroxylation is 1. The summed E-state index contributed by atoms with van der Waals surface area (Å²) >= 11 is 0. The summed E-state index contributed by atoms with van der Waals surface area (Å²) < 4.78 is 20.1. The number of nitrogens with zero attached hydrogens (tertiary/aromatic N) is 5. The summed E-state index contributed by atoms with van der Waals surface area (Å²) in [5.41, 5.74) is 8.26. The van der Waals surface area contributed by atoms with Crippen molar-refractivity contribution in [2.75, 3.05) is 12.4 Å². The highest BCUT2D eigenvalue weighted by Crippen LogP contribution is 2.29. The van der Waals surface area contributed by atoms with Crippen molar-refractivity contribution in [3.05, 3.63) is 65.2 Å². The molecule has 10 heteroatoms. The number of benzene rings is 1. The molecule has 4 aromatic rings. The van der Waals surface area contributed by atoms with Crippen LogP contribution in [0.25, 0.3) is 16.9 Å². The Kier molecular flexibility index (Phi) is 4.97. The first-order valence-electron chi connectivity index (χ1n) is 9.03. The molecule has 0 radical (unpaired) electrons. The summed E-state index contributed by atoms with van der Waals surface area (Å²) in [6, 6.07) is 11.3. The Morgan fingerprint density at radius 3 is 2.77 bits per heavy atom. The molecule has 0 aliphatic heterocycles. The molecule has 1 amide bonds. The number of aromatic nitrogens is 5. The molecule has 3 aromatic heterocycles. The van der Waals surface area contributed by atoms with Gasteiger partial charge in [-0.3, -0.25) is 4.79 Å². The van der Waals surface area contributed by atoms with E-state index in [1.807, 2.05) is 0 Å². The Balaban J connectivity index is 1.75. The fourth-order valence-electron chi connectivity index (χ4n) is 3.15. The highest BCUT2D eigenvalue weighted by molar-refractivity contribution is 5.93. The number of carbonyl (C=O) groups is 1. The lowest BCUT2D eigenvalue weighted by Crippen LogP contribution is -2.15. The van der Waals surface area contributed by atoms with Crippen LogP contribution in [0.15, 0.2) is 42.5 Å². The zero-order valence-corrected chi connectivity index (χ0v) is 16.3. The van der Waals surface area contributed by atoms with E-state index < -0.39 is 5.91 Å². The van der Waals surface area contributed by atoms with Crippen molar-refractivity contribution in [2.24, 2.45) is 5.73 Å². The number of pyridine rings is 1. The Morgan fingerprint density at radius 1 is 1.23 bits per heavy atom. The first kappa shape index (κ1) is 19.2. The zero-order chi connectivity index (χ0) is 21.3. The normalized spacial score (nSPS) is 10.9. The molecule has 0 atom stereocenters. The molecule has 9 nitrogen and oxygen atoms in total. The van der Waals surface area contributed by atoms with Crippen molar-refractivity contribution < 1.29 is 13.9 Å². The number of carbonyl (C=O) groups excluding carboxylic acids is 1. The number of anilines is 1. The minimum atomic E-state index is -0.596. The third-order valence-electron chi connectivity index (χ3n) is 4.51. The highest BCUT2D eigenvalue weighted by atomic mass is 19.1. The molecular formula is C20H18FN7O2. The van der Waals surface area contributed by atoms with Crippen molar-refractivity contribution in [1.29, 1.82) is 0 Å². The van der Waals surface area contributed by atoms with Gasteiger partial charge < -0.3 is 15.8 Å². The van der Waals surface area contributed by atoms with Crippen molar-refractivity contribution in [3.63, 3.8) is 0 Å². The molecule has 0 saturated heterocycles. The average molecular weight is 407 g/mol. The van der Waals surface area contributed by atoms with E-state index in [4.69, 9.17) is 10.5 Å². The topological polar surface area (TPSA) is 120 Å². The summed E-state index contributed by atoms with van der Waals surface area (Å²) in [6.07, 6.45) is 0. The lowest BCUT2D eigenvalue weighted by molar-refractivity contribution is 0.0993. The molecule has 0 saturated carbocycles. The molecule has 3 N–H and O–H groups in total. The number of nitrogens with two attached hydrogens (primary N) is 1. The average Bonchev–Trinajstić information content (AvgIpc) is 3.07. The van der Waals surface area contributed by atoms with Gasteiger partial charge in [-0.2, -0.15) is 5.10 Å². The van der Waals surface area contributed by atoms with E-state index in [1.54, 1.807) is 37.3 Å². The van der Waals surface area contributed by atoms with E-state index in [2.05, 4.69) is 25.6 Å². The van der Waals surface area contributed by atoms with Crippen LogP contribution >= 0.6 is 0 Å². The fourth-order valence-corrected chi connectivity index (χ4v) is 3.15. The molecule has 0 aliphatic carbocycles. The third-order valence-corrected chi connectivity index (χ3v) is 4.51. The van der Waals surface area contributed by atoms with Crippen molar-refractivity contribution in [3.8, 4) is 17.3 Å². The van der Waals surface area contributed by atoms with Crippen molar-refractivity contribution in [1.82, 2.24) is 24.8 Å². The Bertz CT molecular complexity index is 1260. The first-order valence-corrected chi connectivity index (χ1v) is 9.03.